The van der Waals surface area contributed by atoms with E-state index in [-0.39, 0.29) is 0 Å². The number of anilines is 1. The van der Waals surface area contributed by atoms with Crippen molar-refractivity contribution in [1.29, 1.82) is 0 Å². The van der Waals surface area contributed by atoms with E-state index in [1.165, 1.54) is 55.3 Å². The zero-order chi connectivity index (χ0) is 13.0. The van der Waals surface area contributed by atoms with E-state index in [1.807, 2.05) is 0 Å². The maximum atomic E-state index is 5.73. The van der Waals surface area contributed by atoms with Crippen LogP contribution in [-0.2, 0) is 6.54 Å². The first-order valence-electron chi connectivity index (χ1n) is 7.25. The molecule has 2 heteroatoms. The molecule has 1 saturated carbocycles. The standard InChI is InChI=1S/C16H26N2/c1-13-11-16(10-9-14(13)12-17)18(2)15-7-5-3-4-6-8-15/h9-11,15H,3-8,12,17H2,1-2H3. The van der Waals surface area contributed by atoms with Gasteiger partial charge in [0.1, 0.15) is 0 Å². The van der Waals surface area contributed by atoms with Crippen LogP contribution in [0.3, 0.4) is 0 Å². The summed E-state index contributed by atoms with van der Waals surface area (Å²) in [5.41, 5.74) is 9.64. The average Bonchev–Trinajstić information content (AvgIpc) is 2.66. The smallest absolute Gasteiger partial charge is 0.0368 e. The fraction of sp³-hybridized carbons (Fsp3) is 0.625. The SMILES string of the molecule is Cc1cc(N(C)C2CCCCCC2)ccc1CN. The third-order valence-corrected chi connectivity index (χ3v) is 4.33. The molecular formula is C16H26N2. The number of hydrogen-bond donors (Lipinski definition) is 1. The van der Waals surface area contributed by atoms with Crippen LogP contribution in [0.2, 0.25) is 0 Å². The van der Waals surface area contributed by atoms with Gasteiger partial charge in [-0.3, -0.25) is 0 Å². The van der Waals surface area contributed by atoms with E-state index in [9.17, 15) is 0 Å². The number of nitrogens with zero attached hydrogens (tertiary/aromatic N) is 1. The minimum absolute atomic E-state index is 0.638. The highest BCUT2D eigenvalue weighted by Crippen LogP contribution is 2.26. The quantitative estimate of drug-likeness (QED) is 0.825. The van der Waals surface area contributed by atoms with E-state index in [4.69, 9.17) is 5.73 Å². The van der Waals surface area contributed by atoms with Crippen LogP contribution in [0.1, 0.15) is 49.7 Å². The molecule has 18 heavy (non-hydrogen) atoms. The summed E-state index contributed by atoms with van der Waals surface area (Å²) < 4.78 is 0. The normalized spacial score (nSPS) is 17.5. The molecule has 0 aromatic heterocycles. The van der Waals surface area contributed by atoms with Gasteiger partial charge in [-0.1, -0.05) is 31.7 Å². The van der Waals surface area contributed by atoms with Gasteiger partial charge in [0.25, 0.3) is 0 Å². The lowest BCUT2D eigenvalue weighted by molar-refractivity contribution is 0.553. The Kier molecular flexibility index (Phi) is 4.65. The van der Waals surface area contributed by atoms with Crippen LogP contribution in [0, 0.1) is 6.92 Å². The molecule has 1 aromatic carbocycles. The zero-order valence-corrected chi connectivity index (χ0v) is 11.8. The van der Waals surface area contributed by atoms with Gasteiger partial charge in [0, 0.05) is 25.3 Å². The molecule has 100 valence electrons. The van der Waals surface area contributed by atoms with Crippen molar-refractivity contribution < 1.29 is 0 Å². The highest BCUT2D eigenvalue weighted by Gasteiger charge is 2.17. The minimum Gasteiger partial charge on any atom is -0.372 e. The van der Waals surface area contributed by atoms with Crippen LogP contribution in [0.4, 0.5) is 5.69 Å². The molecule has 0 bridgehead atoms. The van der Waals surface area contributed by atoms with E-state index in [0.29, 0.717) is 6.54 Å². The summed E-state index contributed by atoms with van der Waals surface area (Å²) in [6.45, 7) is 2.80. The topological polar surface area (TPSA) is 29.3 Å². The maximum Gasteiger partial charge on any atom is 0.0368 e. The van der Waals surface area contributed by atoms with E-state index in [2.05, 4.69) is 37.1 Å². The van der Waals surface area contributed by atoms with Crippen molar-refractivity contribution in [2.75, 3.05) is 11.9 Å². The van der Waals surface area contributed by atoms with Crippen molar-refractivity contribution in [2.45, 2.75) is 58.0 Å². The molecule has 0 aliphatic heterocycles. The third kappa shape index (κ3) is 3.05. The highest BCUT2D eigenvalue weighted by atomic mass is 15.1. The van der Waals surface area contributed by atoms with Crippen molar-refractivity contribution in [1.82, 2.24) is 0 Å². The fourth-order valence-electron chi connectivity index (χ4n) is 2.98. The Hall–Kier alpha value is -1.02. The zero-order valence-electron chi connectivity index (χ0n) is 11.8. The third-order valence-electron chi connectivity index (χ3n) is 4.33. The Morgan fingerprint density at radius 3 is 2.39 bits per heavy atom. The molecule has 2 rings (SSSR count). The van der Waals surface area contributed by atoms with Crippen LogP contribution < -0.4 is 10.6 Å². The van der Waals surface area contributed by atoms with E-state index in [0.717, 1.165) is 6.04 Å². The molecule has 2 N–H and O–H groups in total. The summed E-state index contributed by atoms with van der Waals surface area (Å²) in [4.78, 5) is 2.47. The molecule has 1 fully saturated rings. The molecule has 2 nitrogen and oxygen atoms in total. The summed E-state index contributed by atoms with van der Waals surface area (Å²) in [6.07, 6.45) is 8.27. The van der Waals surface area contributed by atoms with Gasteiger partial charge in [-0.05, 0) is 43.0 Å². The molecule has 1 aromatic rings. The molecule has 0 spiro atoms. The summed E-state index contributed by atoms with van der Waals surface area (Å²) in [5.74, 6) is 0. The lowest BCUT2D eigenvalue weighted by atomic mass is 10.0. The van der Waals surface area contributed by atoms with Gasteiger partial charge < -0.3 is 10.6 Å². The predicted octanol–water partition coefficient (Wildman–Crippen LogP) is 3.61. The Morgan fingerprint density at radius 1 is 1.17 bits per heavy atom. The maximum absolute atomic E-state index is 5.73. The summed E-state index contributed by atoms with van der Waals surface area (Å²) in [7, 11) is 2.24. The van der Waals surface area contributed by atoms with Gasteiger partial charge in [-0.25, -0.2) is 0 Å². The van der Waals surface area contributed by atoms with Crippen LogP contribution in [0.15, 0.2) is 18.2 Å². The molecule has 0 atom stereocenters. The van der Waals surface area contributed by atoms with E-state index < -0.39 is 0 Å². The number of rotatable bonds is 3. The Labute approximate surface area is 111 Å². The van der Waals surface area contributed by atoms with Gasteiger partial charge in [0.15, 0.2) is 0 Å². The Morgan fingerprint density at radius 2 is 1.83 bits per heavy atom. The van der Waals surface area contributed by atoms with Crippen molar-refractivity contribution in [3.05, 3.63) is 29.3 Å². The molecule has 0 amide bonds. The van der Waals surface area contributed by atoms with Crippen molar-refractivity contribution >= 4 is 5.69 Å². The highest BCUT2D eigenvalue weighted by molar-refractivity contribution is 5.51. The van der Waals surface area contributed by atoms with Gasteiger partial charge >= 0.3 is 0 Å². The second kappa shape index (κ2) is 6.24. The largest absolute Gasteiger partial charge is 0.372 e. The minimum atomic E-state index is 0.638. The molecule has 0 unspecified atom stereocenters. The van der Waals surface area contributed by atoms with E-state index in [1.54, 1.807) is 0 Å². The van der Waals surface area contributed by atoms with Gasteiger partial charge in [0.05, 0.1) is 0 Å². The fourth-order valence-corrected chi connectivity index (χ4v) is 2.98. The first-order valence-corrected chi connectivity index (χ1v) is 7.25. The van der Waals surface area contributed by atoms with Gasteiger partial charge in [-0.15, -0.1) is 0 Å². The molecule has 1 aliphatic rings. The average molecular weight is 246 g/mol. The predicted molar refractivity (Wildman–Crippen MR) is 79.0 cm³/mol. The number of aryl methyl sites for hydroxylation is 1. The monoisotopic (exact) mass is 246 g/mol. The van der Waals surface area contributed by atoms with Gasteiger partial charge in [0.2, 0.25) is 0 Å². The molecule has 1 aliphatic carbocycles. The lowest BCUT2D eigenvalue weighted by Crippen LogP contribution is -2.31. The summed E-state index contributed by atoms with van der Waals surface area (Å²) in [5, 5.41) is 0. The Balaban J connectivity index is 2.11. The van der Waals surface area contributed by atoms with Crippen molar-refractivity contribution in [3.63, 3.8) is 0 Å². The van der Waals surface area contributed by atoms with Crippen LogP contribution >= 0.6 is 0 Å². The number of nitrogens with two attached hydrogens (primary N) is 1. The number of hydrogen-bond acceptors (Lipinski definition) is 2. The van der Waals surface area contributed by atoms with Crippen LogP contribution in [-0.4, -0.2) is 13.1 Å². The molecular weight excluding hydrogens is 220 g/mol. The number of benzene rings is 1. The lowest BCUT2D eigenvalue weighted by Gasteiger charge is -2.30. The summed E-state index contributed by atoms with van der Waals surface area (Å²) >= 11 is 0. The van der Waals surface area contributed by atoms with Crippen molar-refractivity contribution in [3.8, 4) is 0 Å². The van der Waals surface area contributed by atoms with Crippen LogP contribution in [0.25, 0.3) is 0 Å². The molecule has 0 radical (unpaired) electrons. The Bertz CT molecular complexity index is 379. The first-order chi connectivity index (χ1) is 8.72. The second-order valence-corrected chi connectivity index (χ2v) is 5.57. The van der Waals surface area contributed by atoms with Crippen LogP contribution in [0.5, 0.6) is 0 Å². The van der Waals surface area contributed by atoms with Crippen molar-refractivity contribution in [2.24, 2.45) is 5.73 Å². The molecule has 0 heterocycles. The molecule has 0 saturated heterocycles. The van der Waals surface area contributed by atoms with Gasteiger partial charge in [-0.2, -0.15) is 0 Å². The second-order valence-electron chi connectivity index (χ2n) is 5.57. The first kappa shape index (κ1) is 13.4. The summed E-state index contributed by atoms with van der Waals surface area (Å²) in [6, 6.07) is 7.40. The van der Waals surface area contributed by atoms with E-state index >= 15 is 0 Å².